The number of ether oxygens (including phenoxy) is 1. The average Bonchev–Trinajstić information content (AvgIpc) is 3.22. The predicted molar refractivity (Wildman–Crippen MR) is 89.6 cm³/mol. The fourth-order valence-electron chi connectivity index (χ4n) is 3.42. The Kier molecular flexibility index (Phi) is 4.27. The number of hydrogen-bond acceptors (Lipinski definition) is 7. The topological polar surface area (TPSA) is 93.1 Å². The van der Waals surface area contributed by atoms with Gasteiger partial charge in [0.05, 0.1) is 42.8 Å². The smallest absolute Gasteiger partial charge is 0.226 e. The van der Waals surface area contributed by atoms with E-state index in [1.54, 1.807) is 30.9 Å². The summed E-state index contributed by atoms with van der Waals surface area (Å²) in [6.07, 6.45) is 6.89. The van der Waals surface area contributed by atoms with Gasteiger partial charge in [-0.2, -0.15) is 0 Å². The maximum atomic E-state index is 12.6. The number of aryl methyl sites for hydroxylation is 1. The molecule has 8 nitrogen and oxygen atoms in total. The van der Waals surface area contributed by atoms with Crippen molar-refractivity contribution in [3.8, 4) is 0 Å². The van der Waals surface area contributed by atoms with Gasteiger partial charge in [0, 0.05) is 37.6 Å². The molecule has 0 aliphatic carbocycles. The zero-order valence-corrected chi connectivity index (χ0v) is 14.0. The molecule has 1 N–H and O–H groups in total. The zero-order chi connectivity index (χ0) is 17.2. The van der Waals surface area contributed by atoms with E-state index in [-0.39, 0.29) is 23.8 Å². The summed E-state index contributed by atoms with van der Waals surface area (Å²) in [5.41, 5.74) is 1.61. The molecular formula is C17H20N6O2. The van der Waals surface area contributed by atoms with E-state index in [2.05, 4.69) is 30.2 Å². The first-order valence-corrected chi connectivity index (χ1v) is 8.39. The molecule has 4 rings (SSSR count). The summed E-state index contributed by atoms with van der Waals surface area (Å²) in [5, 5.41) is 2.96. The third kappa shape index (κ3) is 3.30. The van der Waals surface area contributed by atoms with E-state index in [0.29, 0.717) is 19.1 Å². The van der Waals surface area contributed by atoms with Crippen molar-refractivity contribution in [3.05, 3.63) is 42.2 Å². The van der Waals surface area contributed by atoms with E-state index >= 15 is 0 Å². The highest BCUT2D eigenvalue weighted by Gasteiger charge is 2.47. The molecule has 2 aliphatic rings. The van der Waals surface area contributed by atoms with Gasteiger partial charge in [0.15, 0.2) is 0 Å². The Morgan fingerprint density at radius 1 is 1.24 bits per heavy atom. The number of amides is 1. The molecule has 0 saturated carbocycles. The number of nitrogens with zero attached hydrogens (tertiary/aromatic N) is 5. The van der Waals surface area contributed by atoms with Gasteiger partial charge in [0.2, 0.25) is 11.9 Å². The van der Waals surface area contributed by atoms with Gasteiger partial charge >= 0.3 is 0 Å². The molecule has 130 valence electrons. The molecule has 0 aromatic carbocycles. The second-order valence-electron chi connectivity index (χ2n) is 6.46. The van der Waals surface area contributed by atoms with Crippen LogP contribution in [0.4, 0.5) is 5.95 Å². The SMILES string of the molecule is Cc1cnc(CNC(=O)[C@@H]2CO[C@H]3CN(c4ncccn4)C[C@H]32)cn1. The standard InChI is InChI=1S/C17H20N6O2/c1-11-5-21-12(6-20-11)7-22-16(24)14-10-25-15-9-23(8-13(14)15)17-18-3-2-4-19-17/h2-6,13-15H,7-10H2,1H3,(H,22,24)/t13-,14+,15-/m0/s1. The summed E-state index contributed by atoms with van der Waals surface area (Å²) in [6, 6.07) is 1.79. The van der Waals surface area contributed by atoms with Gasteiger partial charge in [-0.05, 0) is 13.0 Å². The minimum atomic E-state index is -0.155. The minimum absolute atomic E-state index is 0.00528. The summed E-state index contributed by atoms with van der Waals surface area (Å²) in [6.45, 7) is 4.18. The number of carbonyl (C=O) groups is 1. The fourth-order valence-corrected chi connectivity index (χ4v) is 3.42. The number of fused-ring (bicyclic) bond motifs is 1. The normalized spacial score (nSPS) is 25.0. The Hall–Kier alpha value is -2.61. The van der Waals surface area contributed by atoms with Gasteiger partial charge in [-0.3, -0.25) is 14.8 Å². The van der Waals surface area contributed by atoms with Gasteiger partial charge in [-0.15, -0.1) is 0 Å². The number of anilines is 1. The fraction of sp³-hybridized carbons (Fsp3) is 0.471. The average molecular weight is 340 g/mol. The molecule has 0 spiro atoms. The maximum Gasteiger partial charge on any atom is 0.226 e. The molecule has 25 heavy (non-hydrogen) atoms. The molecule has 2 aromatic heterocycles. The van der Waals surface area contributed by atoms with Crippen molar-refractivity contribution in [2.45, 2.75) is 19.6 Å². The maximum absolute atomic E-state index is 12.6. The number of rotatable bonds is 4. The molecule has 0 bridgehead atoms. The van der Waals surface area contributed by atoms with Crippen LogP contribution in [0, 0.1) is 18.8 Å². The van der Waals surface area contributed by atoms with Crippen LogP contribution in [0.25, 0.3) is 0 Å². The second kappa shape index (κ2) is 6.72. The minimum Gasteiger partial charge on any atom is -0.375 e. The monoisotopic (exact) mass is 340 g/mol. The number of nitrogens with one attached hydrogen (secondary N) is 1. The van der Waals surface area contributed by atoms with Crippen molar-refractivity contribution in [1.82, 2.24) is 25.3 Å². The van der Waals surface area contributed by atoms with Gasteiger partial charge in [0.1, 0.15) is 0 Å². The van der Waals surface area contributed by atoms with Crippen molar-refractivity contribution in [1.29, 1.82) is 0 Å². The molecule has 0 unspecified atom stereocenters. The van der Waals surface area contributed by atoms with E-state index < -0.39 is 0 Å². The van der Waals surface area contributed by atoms with E-state index in [4.69, 9.17) is 4.74 Å². The quantitative estimate of drug-likeness (QED) is 0.858. The first-order chi connectivity index (χ1) is 12.2. The van der Waals surface area contributed by atoms with Crippen molar-refractivity contribution >= 4 is 11.9 Å². The third-order valence-corrected chi connectivity index (χ3v) is 4.77. The van der Waals surface area contributed by atoms with Crippen LogP contribution in [-0.2, 0) is 16.1 Å². The summed E-state index contributed by atoms with van der Waals surface area (Å²) in [5.74, 6) is 0.699. The Bertz CT molecular complexity index is 739. The first-order valence-electron chi connectivity index (χ1n) is 8.39. The highest BCUT2D eigenvalue weighted by molar-refractivity contribution is 5.79. The molecule has 2 fully saturated rings. The molecule has 2 aromatic rings. The molecule has 4 heterocycles. The van der Waals surface area contributed by atoms with Crippen LogP contribution in [0.15, 0.2) is 30.9 Å². The first kappa shape index (κ1) is 15.9. The molecule has 8 heteroatoms. The van der Waals surface area contributed by atoms with Crippen LogP contribution < -0.4 is 10.2 Å². The van der Waals surface area contributed by atoms with E-state index in [9.17, 15) is 4.79 Å². The lowest BCUT2D eigenvalue weighted by atomic mass is 9.92. The number of aromatic nitrogens is 4. The summed E-state index contributed by atoms with van der Waals surface area (Å²) >= 11 is 0. The van der Waals surface area contributed by atoms with Crippen LogP contribution in [-0.4, -0.2) is 51.6 Å². The zero-order valence-electron chi connectivity index (χ0n) is 14.0. The lowest BCUT2D eigenvalue weighted by Gasteiger charge is -2.19. The van der Waals surface area contributed by atoms with E-state index in [1.807, 2.05) is 6.92 Å². The largest absolute Gasteiger partial charge is 0.375 e. The Morgan fingerprint density at radius 3 is 2.84 bits per heavy atom. The molecule has 0 radical (unpaired) electrons. The molecule has 2 saturated heterocycles. The third-order valence-electron chi connectivity index (χ3n) is 4.77. The Labute approximate surface area is 145 Å². The van der Waals surface area contributed by atoms with Crippen LogP contribution in [0.3, 0.4) is 0 Å². The number of carbonyl (C=O) groups excluding carboxylic acids is 1. The second-order valence-corrected chi connectivity index (χ2v) is 6.46. The summed E-state index contributed by atoms with van der Waals surface area (Å²) in [4.78, 5) is 31.7. The molecule has 1 amide bonds. The Balaban J connectivity index is 1.36. The van der Waals surface area contributed by atoms with Crippen molar-refractivity contribution < 1.29 is 9.53 Å². The summed E-state index contributed by atoms with van der Waals surface area (Å²) < 4.78 is 5.84. The Morgan fingerprint density at radius 2 is 2.08 bits per heavy atom. The van der Waals surface area contributed by atoms with Gasteiger partial charge in [0.25, 0.3) is 0 Å². The molecule has 3 atom stereocenters. The van der Waals surface area contributed by atoms with Crippen LogP contribution in [0.2, 0.25) is 0 Å². The van der Waals surface area contributed by atoms with Crippen LogP contribution in [0.1, 0.15) is 11.4 Å². The highest BCUT2D eigenvalue weighted by atomic mass is 16.5. The van der Waals surface area contributed by atoms with Gasteiger partial charge < -0.3 is 15.0 Å². The lowest BCUT2D eigenvalue weighted by molar-refractivity contribution is -0.126. The summed E-state index contributed by atoms with van der Waals surface area (Å²) in [7, 11) is 0. The number of hydrogen-bond donors (Lipinski definition) is 1. The lowest BCUT2D eigenvalue weighted by Crippen LogP contribution is -2.36. The van der Waals surface area contributed by atoms with Crippen molar-refractivity contribution in [2.75, 3.05) is 24.6 Å². The predicted octanol–water partition coefficient (Wildman–Crippen LogP) is 0.343. The van der Waals surface area contributed by atoms with Crippen LogP contribution in [0.5, 0.6) is 0 Å². The van der Waals surface area contributed by atoms with Gasteiger partial charge in [-0.1, -0.05) is 0 Å². The van der Waals surface area contributed by atoms with Crippen LogP contribution >= 0.6 is 0 Å². The van der Waals surface area contributed by atoms with Crippen molar-refractivity contribution in [2.24, 2.45) is 11.8 Å². The van der Waals surface area contributed by atoms with E-state index in [0.717, 1.165) is 24.5 Å². The highest BCUT2D eigenvalue weighted by Crippen LogP contribution is 2.35. The molecule has 2 aliphatic heterocycles. The molecular weight excluding hydrogens is 320 g/mol. The van der Waals surface area contributed by atoms with Crippen molar-refractivity contribution in [3.63, 3.8) is 0 Å². The van der Waals surface area contributed by atoms with Gasteiger partial charge in [-0.25, -0.2) is 9.97 Å². The van der Waals surface area contributed by atoms with E-state index in [1.165, 1.54) is 0 Å².